The quantitative estimate of drug-likeness (QED) is 0.272. The largest absolute Gasteiger partial charge is 0.466 e. The first-order valence-electron chi connectivity index (χ1n) is 10.6. The number of hydrogen-bond donors (Lipinski definition) is 1. The molecule has 0 saturated heterocycles. The summed E-state index contributed by atoms with van der Waals surface area (Å²) in [6.07, 6.45) is 9.40. The molecule has 0 aromatic carbocycles. The number of fused-ring (bicyclic) bond motifs is 1. The molecule has 6 nitrogen and oxygen atoms in total. The van der Waals surface area contributed by atoms with Crippen molar-refractivity contribution in [3.05, 3.63) is 11.1 Å². The van der Waals surface area contributed by atoms with Crippen molar-refractivity contribution in [1.29, 1.82) is 5.53 Å². The fourth-order valence-electron chi connectivity index (χ4n) is 3.98. The molecule has 1 N–H and O–H groups in total. The van der Waals surface area contributed by atoms with Crippen LogP contribution < -0.4 is 0 Å². The van der Waals surface area contributed by atoms with Crippen LogP contribution in [-0.4, -0.2) is 36.1 Å². The van der Waals surface area contributed by atoms with Gasteiger partial charge in [0, 0.05) is 1.37 Å². The number of allylic oxidation sites excluding steroid dienone is 2. The van der Waals surface area contributed by atoms with Crippen LogP contribution in [0.4, 0.5) is 0 Å². The van der Waals surface area contributed by atoms with E-state index in [-0.39, 0.29) is 23.4 Å². The minimum Gasteiger partial charge on any atom is -0.466 e. The second-order valence-electron chi connectivity index (χ2n) is 7.41. The first-order chi connectivity index (χ1) is 13.3. The fraction of sp³-hybridized carbons (Fsp3) is 0.750. The first-order valence-corrected chi connectivity index (χ1v) is 9.58. The Balaban J connectivity index is 0.000000130. The molecule has 6 heteroatoms. The number of hydrogen-bond acceptors (Lipinski definition) is 5. The molecule has 0 aromatic rings. The van der Waals surface area contributed by atoms with E-state index >= 15 is 0 Å². The van der Waals surface area contributed by atoms with Gasteiger partial charge in [-0.1, -0.05) is 11.1 Å². The standard InChI is InChI=1S/C10H14O2.C6H8.C4H7N2O2/c1-2-12-8(11)7-9(3-4-9)10(7)5-6-10;1-2-5(1)6-3-4-6;1-2-8-4(7)3-6-5/h7H,2-6H2,1H3;1-4H2;3,5H,2H2,1H3/q;;+1/i7D;;3D. The van der Waals surface area contributed by atoms with Crippen LogP contribution >= 0.6 is 0 Å². The van der Waals surface area contributed by atoms with Crippen LogP contribution in [0.1, 0.15) is 68.0 Å². The van der Waals surface area contributed by atoms with Crippen LogP contribution in [0.15, 0.2) is 11.1 Å². The minimum atomic E-state index is -0.854. The van der Waals surface area contributed by atoms with Gasteiger partial charge >= 0.3 is 18.1 Å². The van der Waals surface area contributed by atoms with Gasteiger partial charge < -0.3 is 9.47 Å². The van der Waals surface area contributed by atoms with Crippen LogP contribution in [-0.2, 0) is 19.1 Å². The summed E-state index contributed by atoms with van der Waals surface area (Å²) >= 11 is 0. The zero-order valence-corrected chi connectivity index (χ0v) is 15.7. The molecule has 5 fully saturated rings. The molecule has 0 bridgehead atoms. The lowest BCUT2D eigenvalue weighted by Crippen LogP contribution is -2.08. The number of nitrogens with zero attached hydrogens (tertiary/aromatic N) is 1. The number of carbonyl (C=O) groups is 2. The molecule has 0 aliphatic heterocycles. The third-order valence-corrected chi connectivity index (χ3v) is 5.71. The van der Waals surface area contributed by atoms with Gasteiger partial charge in [0.15, 0.2) is 1.37 Å². The van der Waals surface area contributed by atoms with E-state index in [1.54, 1.807) is 18.1 Å². The van der Waals surface area contributed by atoms with Crippen LogP contribution in [0, 0.1) is 22.3 Å². The molecule has 5 aliphatic rings. The Kier molecular flexibility index (Phi) is 4.60. The molecule has 0 radical (unpaired) electrons. The highest BCUT2D eigenvalue weighted by molar-refractivity contribution is 6.20. The third kappa shape index (κ3) is 3.90. The van der Waals surface area contributed by atoms with Crippen molar-refractivity contribution in [2.75, 3.05) is 13.2 Å². The molecule has 0 aromatic heterocycles. The highest BCUT2D eigenvalue weighted by Gasteiger charge is 2.89. The maximum Gasteiger partial charge on any atom is 0.418 e. The summed E-state index contributed by atoms with van der Waals surface area (Å²) in [7, 11) is 0. The second kappa shape index (κ2) is 7.36. The lowest BCUT2D eigenvalue weighted by Gasteiger charge is -1.98. The molecule has 0 unspecified atom stereocenters. The van der Waals surface area contributed by atoms with Crippen molar-refractivity contribution in [2.45, 2.75) is 65.2 Å². The average molecular weight is 363 g/mol. The van der Waals surface area contributed by atoms with Gasteiger partial charge in [0.05, 0.1) is 29.4 Å². The number of rotatable bonds is 4. The van der Waals surface area contributed by atoms with Crippen LogP contribution in [0.2, 0.25) is 0 Å². The van der Waals surface area contributed by atoms with Crippen LogP contribution in [0.3, 0.4) is 0 Å². The molecule has 5 saturated carbocycles. The number of carbonyl (C=O) groups excluding carboxylic acids is 2. The summed E-state index contributed by atoms with van der Waals surface area (Å²) in [5, 5.41) is 0. The second-order valence-corrected chi connectivity index (χ2v) is 7.41. The lowest BCUT2D eigenvalue weighted by atomic mass is 10.3. The highest BCUT2D eigenvalue weighted by atomic mass is 16.5. The SMILES string of the molecule is C1CC1=C1CC1.[2H]C(=[N+]=N)C(=O)OCC.[2H]C1(C(=O)OCC)C2(CC2)C12CC2. The Morgan fingerprint density at radius 2 is 1.58 bits per heavy atom. The molecule has 5 rings (SSSR count). The summed E-state index contributed by atoms with van der Waals surface area (Å²) in [5.41, 5.74) is 9.94. The Labute approximate surface area is 157 Å². The number of esters is 2. The van der Waals surface area contributed by atoms with Gasteiger partial charge in [0.1, 0.15) is 0 Å². The zero-order chi connectivity index (χ0) is 20.6. The molecule has 0 amide bonds. The van der Waals surface area contributed by atoms with Gasteiger partial charge in [-0.2, -0.15) is 0 Å². The Hall–Kier alpha value is -1.94. The first kappa shape index (κ1) is 16.2. The monoisotopic (exact) mass is 363 g/mol. The van der Waals surface area contributed by atoms with Gasteiger partial charge in [-0.25, -0.2) is 4.79 Å². The van der Waals surface area contributed by atoms with Crippen molar-refractivity contribution in [3.8, 4) is 0 Å². The molecular formula is C20H29N2O4+. The van der Waals surface area contributed by atoms with E-state index in [0.717, 1.165) is 25.7 Å². The van der Waals surface area contributed by atoms with E-state index in [9.17, 15) is 9.59 Å². The molecule has 142 valence electrons. The van der Waals surface area contributed by atoms with Gasteiger partial charge in [-0.05, 0) is 76.0 Å². The van der Waals surface area contributed by atoms with E-state index < -0.39 is 18.1 Å². The molecule has 0 atom stereocenters. The Bertz CT molecular complexity index is 718. The van der Waals surface area contributed by atoms with Crippen LogP contribution in [0.25, 0.3) is 0 Å². The average Bonchev–Trinajstić information content (AvgIpc) is 3.53. The third-order valence-electron chi connectivity index (χ3n) is 5.71. The number of nitrogens with one attached hydrogen (secondary N) is 1. The topological polar surface area (TPSA) is 90.5 Å². The fourth-order valence-corrected chi connectivity index (χ4v) is 3.98. The Morgan fingerprint density at radius 1 is 1.12 bits per heavy atom. The molecule has 2 spiro atoms. The van der Waals surface area contributed by atoms with Gasteiger partial charge in [0.25, 0.3) is 0 Å². The van der Waals surface area contributed by atoms with E-state index in [0.29, 0.717) is 6.61 Å². The summed E-state index contributed by atoms with van der Waals surface area (Å²) in [5.74, 6) is -1.95. The van der Waals surface area contributed by atoms with E-state index in [1.807, 2.05) is 6.92 Å². The van der Waals surface area contributed by atoms with Gasteiger partial charge in [0.2, 0.25) is 0 Å². The molecule has 5 aliphatic carbocycles. The van der Waals surface area contributed by atoms with Crippen molar-refractivity contribution in [3.63, 3.8) is 0 Å². The predicted octanol–water partition coefficient (Wildman–Crippen LogP) is 3.47. The smallest absolute Gasteiger partial charge is 0.418 e. The van der Waals surface area contributed by atoms with E-state index in [4.69, 9.17) is 13.0 Å². The Morgan fingerprint density at radius 3 is 1.88 bits per heavy atom. The number of ether oxygens (including phenoxy) is 2. The van der Waals surface area contributed by atoms with Crippen molar-refractivity contribution < 1.29 is 26.6 Å². The summed E-state index contributed by atoms with van der Waals surface area (Å²) in [6, 6.07) is 0. The summed E-state index contributed by atoms with van der Waals surface area (Å²) in [4.78, 5) is 24.5. The predicted molar refractivity (Wildman–Crippen MR) is 94.6 cm³/mol. The minimum absolute atomic E-state index is 0.0756. The molecule has 0 heterocycles. The van der Waals surface area contributed by atoms with Gasteiger partial charge in [-0.3, -0.25) is 4.79 Å². The van der Waals surface area contributed by atoms with Crippen molar-refractivity contribution in [1.82, 2.24) is 0 Å². The maximum absolute atomic E-state index is 11.6. The van der Waals surface area contributed by atoms with Crippen LogP contribution in [0.5, 0.6) is 0 Å². The summed E-state index contributed by atoms with van der Waals surface area (Å²) < 4.78 is 24.1. The van der Waals surface area contributed by atoms with E-state index in [1.165, 1.54) is 25.7 Å². The van der Waals surface area contributed by atoms with E-state index in [2.05, 4.69) is 9.53 Å². The molecule has 26 heavy (non-hydrogen) atoms. The highest BCUT2D eigenvalue weighted by Crippen LogP contribution is 2.92. The summed E-state index contributed by atoms with van der Waals surface area (Å²) in [6.45, 7) is 4.04. The molecular weight excluding hydrogens is 332 g/mol. The van der Waals surface area contributed by atoms with Crippen molar-refractivity contribution in [2.24, 2.45) is 16.7 Å². The zero-order valence-electron chi connectivity index (χ0n) is 17.7. The lowest BCUT2D eigenvalue weighted by molar-refractivity contribution is -0.148. The maximum atomic E-state index is 11.6. The normalized spacial score (nSPS) is 29.5. The van der Waals surface area contributed by atoms with Gasteiger partial charge in [-0.15, -0.1) is 0 Å². The van der Waals surface area contributed by atoms with Crippen molar-refractivity contribution >= 4 is 18.1 Å².